The van der Waals surface area contributed by atoms with Crippen molar-refractivity contribution in [2.75, 3.05) is 13.1 Å². The van der Waals surface area contributed by atoms with Crippen LogP contribution in [0.4, 0.5) is 8.78 Å². The second-order valence-corrected chi connectivity index (χ2v) is 5.03. The molecule has 1 fully saturated rings. The number of carbonyl (C=O) groups excluding carboxylic acids is 1. The summed E-state index contributed by atoms with van der Waals surface area (Å²) in [5.74, 6) is -1.45. The molecule has 104 valence electrons. The lowest BCUT2D eigenvalue weighted by Gasteiger charge is -2.22. The highest BCUT2D eigenvalue weighted by Crippen LogP contribution is 2.24. The molecule has 1 aromatic carbocycles. The zero-order chi connectivity index (χ0) is 14.0. The number of carbonyl (C=O) groups is 1. The van der Waals surface area contributed by atoms with Crippen molar-refractivity contribution in [1.29, 1.82) is 0 Å². The Morgan fingerprint density at radius 3 is 2.84 bits per heavy atom. The molecule has 1 heterocycles. The lowest BCUT2D eigenvalue weighted by Crippen LogP contribution is -2.34. The summed E-state index contributed by atoms with van der Waals surface area (Å²) < 4.78 is 26.7. The van der Waals surface area contributed by atoms with E-state index >= 15 is 0 Å². The highest BCUT2D eigenvalue weighted by Gasteiger charge is 2.30. The van der Waals surface area contributed by atoms with E-state index < -0.39 is 17.7 Å². The van der Waals surface area contributed by atoms with Gasteiger partial charge in [0.2, 0.25) is 5.91 Å². The van der Waals surface area contributed by atoms with Crippen molar-refractivity contribution in [2.24, 2.45) is 11.7 Å². The van der Waals surface area contributed by atoms with Gasteiger partial charge in [0.25, 0.3) is 0 Å². The summed E-state index contributed by atoms with van der Waals surface area (Å²) in [5, 5.41) is 0. The maximum Gasteiger partial charge on any atom is 0.222 e. The van der Waals surface area contributed by atoms with E-state index in [1.54, 1.807) is 4.90 Å². The van der Waals surface area contributed by atoms with Gasteiger partial charge in [-0.3, -0.25) is 4.79 Å². The van der Waals surface area contributed by atoms with Crippen molar-refractivity contribution in [2.45, 2.75) is 25.8 Å². The molecule has 1 saturated heterocycles. The van der Waals surface area contributed by atoms with Crippen LogP contribution in [-0.2, 0) is 4.79 Å². The van der Waals surface area contributed by atoms with E-state index in [1.165, 1.54) is 12.1 Å². The third kappa shape index (κ3) is 2.92. The molecule has 19 heavy (non-hydrogen) atoms. The molecule has 0 saturated carbocycles. The van der Waals surface area contributed by atoms with Gasteiger partial charge in [0, 0.05) is 25.1 Å². The highest BCUT2D eigenvalue weighted by atomic mass is 19.2. The molecule has 1 aliphatic rings. The minimum Gasteiger partial charge on any atom is -0.340 e. The molecule has 0 bridgehead atoms. The average molecular weight is 268 g/mol. The number of likely N-dealkylation sites (tertiary alicyclic amines) is 1. The Balaban J connectivity index is 2.07. The number of hydrogen-bond donors (Lipinski definition) is 1. The molecule has 1 aliphatic heterocycles. The first-order valence-electron chi connectivity index (χ1n) is 6.50. The summed E-state index contributed by atoms with van der Waals surface area (Å²) in [7, 11) is 0. The van der Waals surface area contributed by atoms with Crippen LogP contribution in [0.5, 0.6) is 0 Å². The van der Waals surface area contributed by atoms with Crippen LogP contribution < -0.4 is 5.73 Å². The molecule has 2 rings (SSSR count). The topological polar surface area (TPSA) is 46.3 Å². The Hall–Kier alpha value is -1.49. The first-order chi connectivity index (χ1) is 9.02. The zero-order valence-corrected chi connectivity index (χ0v) is 10.9. The van der Waals surface area contributed by atoms with Crippen LogP contribution in [0.25, 0.3) is 0 Å². The van der Waals surface area contributed by atoms with Gasteiger partial charge in [0.05, 0.1) is 6.04 Å². The highest BCUT2D eigenvalue weighted by molar-refractivity contribution is 5.78. The smallest absolute Gasteiger partial charge is 0.222 e. The van der Waals surface area contributed by atoms with Crippen LogP contribution >= 0.6 is 0 Å². The van der Waals surface area contributed by atoms with Gasteiger partial charge in [-0.05, 0) is 12.0 Å². The predicted octanol–water partition coefficient (Wildman–Crippen LogP) is 2.22. The van der Waals surface area contributed by atoms with Crippen molar-refractivity contribution in [1.82, 2.24) is 4.90 Å². The summed E-state index contributed by atoms with van der Waals surface area (Å²) in [4.78, 5) is 13.4. The van der Waals surface area contributed by atoms with Gasteiger partial charge in [-0.1, -0.05) is 25.5 Å². The molecule has 0 aliphatic carbocycles. The SMILES string of the molecule is CCC1CC(=O)N(CC(N)c2cccc(F)c2F)C1. The molecule has 5 heteroatoms. The van der Waals surface area contributed by atoms with E-state index in [4.69, 9.17) is 5.73 Å². The predicted molar refractivity (Wildman–Crippen MR) is 68.3 cm³/mol. The molecule has 1 amide bonds. The van der Waals surface area contributed by atoms with E-state index in [9.17, 15) is 13.6 Å². The fourth-order valence-electron chi connectivity index (χ4n) is 2.45. The second-order valence-electron chi connectivity index (χ2n) is 5.03. The first-order valence-corrected chi connectivity index (χ1v) is 6.50. The first kappa shape index (κ1) is 13.9. The van der Waals surface area contributed by atoms with E-state index in [0.717, 1.165) is 12.5 Å². The molecule has 3 nitrogen and oxygen atoms in total. The molecule has 2 unspecified atom stereocenters. The van der Waals surface area contributed by atoms with Gasteiger partial charge in [0.15, 0.2) is 11.6 Å². The van der Waals surface area contributed by atoms with E-state index in [0.29, 0.717) is 18.9 Å². The number of amides is 1. The zero-order valence-electron chi connectivity index (χ0n) is 10.9. The van der Waals surface area contributed by atoms with Crippen LogP contribution in [-0.4, -0.2) is 23.9 Å². The fourth-order valence-corrected chi connectivity index (χ4v) is 2.45. The number of nitrogens with two attached hydrogens (primary N) is 1. The van der Waals surface area contributed by atoms with Crippen molar-refractivity contribution in [3.05, 3.63) is 35.4 Å². The number of hydrogen-bond acceptors (Lipinski definition) is 2. The van der Waals surface area contributed by atoms with E-state index in [1.807, 2.05) is 6.92 Å². The van der Waals surface area contributed by atoms with E-state index in [-0.39, 0.29) is 18.0 Å². The van der Waals surface area contributed by atoms with Gasteiger partial charge < -0.3 is 10.6 Å². The molecule has 0 spiro atoms. The van der Waals surface area contributed by atoms with Crippen LogP contribution in [0.3, 0.4) is 0 Å². The molecular weight excluding hydrogens is 250 g/mol. The monoisotopic (exact) mass is 268 g/mol. The number of halogens is 2. The molecule has 2 N–H and O–H groups in total. The quantitative estimate of drug-likeness (QED) is 0.910. The number of benzene rings is 1. The summed E-state index contributed by atoms with van der Waals surface area (Å²) in [6.45, 7) is 2.92. The van der Waals surface area contributed by atoms with Crippen LogP contribution in [0, 0.1) is 17.6 Å². The minimum atomic E-state index is -0.923. The maximum absolute atomic E-state index is 13.6. The van der Waals surface area contributed by atoms with Gasteiger partial charge in [-0.2, -0.15) is 0 Å². The summed E-state index contributed by atoms with van der Waals surface area (Å²) >= 11 is 0. The molecular formula is C14H18F2N2O. The number of rotatable bonds is 4. The Bertz CT molecular complexity index is 479. The minimum absolute atomic E-state index is 0.0408. The molecule has 2 atom stereocenters. The average Bonchev–Trinajstić information content (AvgIpc) is 2.73. The largest absolute Gasteiger partial charge is 0.340 e. The molecule has 0 aromatic heterocycles. The van der Waals surface area contributed by atoms with Crippen molar-refractivity contribution in [3.8, 4) is 0 Å². The summed E-state index contributed by atoms with van der Waals surface area (Å²) in [5.41, 5.74) is 6.01. The molecule has 0 radical (unpaired) electrons. The summed E-state index contributed by atoms with van der Waals surface area (Å²) in [6, 6.07) is 3.24. The van der Waals surface area contributed by atoms with Gasteiger partial charge in [0.1, 0.15) is 0 Å². The lowest BCUT2D eigenvalue weighted by molar-refractivity contribution is -0.127. The van der Waals surface area contributed by atoms with Gasteiger partial charge in [-0.15, -0.1) is 0 Å². The van der Waals surface area contributed by atoms with Crippen molar-refractivity contribution < 1.29 is 13.6 Å². The third-order valence-electron chi connectivity index (χ3n) is 3.67. The van der Waals surface area contributed by atoms with Gasteiger partial charge in [-0.25, -0.2) is 8.78 Å². The lowest BCUT2D eigenvalue weighted by atomic mass is 10.1. The van der Waals surface area contributed by atoms with Crippen LogP contribution in [0.1, 0.15) is 31.4 Å². The fraction of sp³-hybridized carbons (Fsp3) is 0.500. The second kappa shape index (κ2) is 5.65. The van der Waals surface area contributed by atoms with E-state index in [2.05, 4.69) is 0 Å². The third-order valence-corrected chi connectivity index (χ3v) is 3.67. The van der Waals surface area contributed by atoms with Crippen molar-refractivity contribution >= 4 is 5.91 Å². The summed E-state index contributed by atoms with van der Waals surface area (Å²) in [6.07, 6.45) is 1.46. The molecule has 1 aromatic rings. The Labute approximate surface area is 111 Å². The maximum atomic E-state index is 13.6. The van der Waals surface area contributed by atoms with Crippen LogP contribution in [0.15, 0.2) is 18.2 Å². The van der Waals surface area contributed by atoms with Gasteiger partial charge >= 0.3 is 0 Å². The number of nitrogens with zero attached hydrogens (tertiary/aromatic N) is 1. The Kier molecular flexibility index (Phi) is 4.14. The Morgan fingerprint density at radius 2 is 2.21 bits per heavy atom. The normalized spacial score (nSPS) is 20.9. The van der Waals surface area contributed by atoms with Crippen LogP contribution in [0.2, 0.25) is 0 Å². The Morgan fingerprint density at radius 1 is 1.47 bits per heavy atom. The standard InChI is InChI=1S/C14H18F2N2O/c1-2-9-6-13(19)18(7-9)8-12(17)10-4-3-5-11(15)14(10)16/h3-5,9,12H,2,6-8,17H2,1H3. The van der Waals surface area contributed by atoms with Crippen molar-refractivity contribution in [3.63, 3.8) is 0 Å².